The molecule has 3 nitrogen and oxygen atoms in total. The van der Waals surface area contributed by atoms with Crippen LogP contribution in [0.15, 0.2) is 24.3 Å². The molecule has 2 unspecified atom stereocenters. The molecule has 0 radical (unpaired) electrons. The number of amides is 1. The standard InChI is InChI=1S/C17H21NO2/c1-11-5-7-15(8-6-11)18-17(20)14-9-12-3-2-4-13(10-14)16(12)19/h5-8,12-14H,2-4,9-10H2,1H3,(H,18,20). The topological polar surface area (TPSA) is 46.2 Å². The van der Waals surface area contributed by atoms with Crippen LogP contribution in [-0.4, -0.2) is 11.7 Å². The van der Waals surface area contributed by atoms with Gasteiger partial charge >= 0.3 is 0 Å². The summed E-state index contributed by atoms with van der Waals surface area (Å²) in [6.07, 6.45) is 4.58. The fourth-order valence-corrected chi connectivity index (χ4v) is 3.57. The highest BCUT2D eigenvalue weighted by Gasteiger charge is 2.41. The fourth-order valence-electron chi connectivity index (χ4n) is 3.57. The van der Waals surface area contributed by atoms with Crippen molar-refractivity contribution >= 4 is 17.4 Å². The summed E-state index contributed by atoms with van der Waals surface area (Å²) in [6.45, 7) is 2.03. The van der Waals surface area contributed by atoms with Crippen molar-refractivity contribution in [3.05, 3.63) is 29.8 Å². The number of fused-ring (bicyclic) bond motifs is 2. The van der Waals surface area contributed by atoms with Gasteiger partial charge in [0.25, 0.3) is 0 Å². The van der Waals surface area contributed by atoms with Gasteiger partial charge in [-0.1, -0.05) is 24.1 Å². The van der Waals surface area contributed by atoms with Gasteiger partial charge in [0.05, 0.1) is 0 Å². The first-order chi connectivity index (χ1) is 9.63. The average molecular weight is 271 g/mol. The first-order valence-electron chi connectivity index (χ1n) is 7.55. The molecular formula is C17H21NO2. The first kappa shape index (κ1) is 13.3. The molecule has 106 valence electrons. The zero-order valence-electron chi connectivity index (χ0n) is 11.9. The Morgan fingerprint density at radius 2 is 1.70 bits per heavy atom. The van der Waals surface area contributed by atoms with Crippen molar-refractivity contribution in [2.24, 2.45) is 17.8 Å². The Labute approximate surface area is 119 Å². The molecule has 2 saturated carbocycles. The molecule has 2 atom stereocenters. The van der Waals surface area contributed by atoms with Crippen molar-refractivity contribution in [3.8, 4) is 0 Å². The van der Waals surface area contributed by atoms with Gasteiger partial charge in [-0.15, -0.1) is 0 Å². The highest BCUT2D eigenvalue weighted by atomic mass is 16.2. The van der Waals surface area contributed by atoms with E-state index >= 15 is 0 Å². The van der Waals surface area contributed by atoms with Gasteiger partial charge in [0.2, 0.25) is 5.91 Å². The predicted molar refractivity (Wildman–Crippen MR) is 78.4 cm³/mol. The normalized spacial score (nSPS) is 29.1. The van der Waals surface area contributed by atoms with Crippen molar-refractivity contribution in [2.75, 3.05) is 5.32 Å². The number of nitrogens with one attached hydrogen (secondary N) is 1. The van der Waals surface area contributed by atoms with Crippen LogP contribution in [0.1, 0.15) is 37.7 Å². The van der Waals surface area contributed by atoms with Gasteiger partial charge < -0.3 is 5.32 Å². The third kappa shape index (κ3) is 2.62. The van der Waals surface area contributed by atoms with E-state index in [9.17, 15) is 9.59 Å². The second-order valence-electron chi connectivity index (χ2n) is 6.25. The van der Waals surface area contributed by atoms with Crippen molar-refractivity contribution in [3.63, 3.8) is 0 Å². The van der Waals surface area contributed by atoms with E-state index < -0.39 is 0 Å². The monoisotopic (exact) mass is 271 g/mol. The Kier molecular flexibility index (Phi) is 3.60. The van der Waals surface area contributed by atoms with E-state index in [0.29, 0.717) is 5.78 Å². The molecule has 0 aromatic heterocycles. The van der Waals surface area contributed by atoms with Crippen LogP contribution in [0.4, 0.5) is 5.69 Å². The molecular weight excluding hydrogens is 250 g/mol. The van der Waals surface area contributed by atoms with E-state index in [1.807, 2.05) is 31.2 Å². The molecule has 20 heavy (non-hydrogen) atoms. The SMILES string of the molecule is Cc1ccc(NC(=O)C2CC3CCCC(C2)C3=O)cc1. The smallest absolute Gasteiger partial charge is 0.227 e. The lowest BCUT2D eigenvalue weighted by atomic mass is 9.67. The Hall–Kier alpha value is -1.64. The van der Waals surface area contributed by atoms with Gasteiger partial charge in [-0.05, 0) is 44.7 Å². The molecule has 0 aliphatic heterocycles. The van der Waals surface area contributed by atoms with Crippen LogP contribution in [-0.2, 0) is 9.59 Å². The molecule has 2 fully saturated rings. The first-order valence-corrected chi connectivity index (χ1v) is 7.55. The zero-order chi connectivity index (χ0) is 14.1. The van der Waals surface area contributed by atoms with Crippen molar-refractivity contribution < 1.29 is 9.59 Å². The maximum absolute atomic E-state index is 12.4. The van der Waals surface area contributed by atoms with Gasteiger partial charge in [-0.2, -0.15) is 0 Å². The lowest BCUT2D eigenvalue weighted by Crippen LogP contribution is -2.40. The Morgan fingerprint density at radius 3 is 2.30 bits per heavy atom. The second-order valence-corrected chi connectivity index (χ2v) is 6.25. The molecule has 1 N–H and O–H groups in total. The quantitative estimate of drug-likeness (QED) is 0.896. The number of aryl methyl sites for hydroxylation is 1. The van der Waals surface area contributed by atoms with Crippen LogP contribution >= 0.6 is 0 Å². The second kappa shape index (κ2) is 5.39. The number of carbonyl (C=O) groups excluding carboxylic acids is 2. The van der Waals surface area contributed by atoms with Gasteiger partial charge in [0.15, 0.2) is 0 Å². The minimum absolute atomic E-state index is 0.00398. The largest absolute Gasteiger partial charge is 0.326 e. The Balaban J connectivity index is 1.66. The number of hydrogen-bond donors (Lipinski definition) is 1. The molecule has 3 rings (SSSR count). The van der Waals surface area contributed by atoms with Gasteiger partial charge in [-0.25, -0.2) is 0 Å². The van der Waals surface area contributed by atoms with Crippen LogP contribution in [0.5, 0.6) is 0 Å². The molecule has 0 heterocycles. The lowest BCUT2D eigenvalue weighted by Gasteiger charge is -2.36. The van der Waals surface area contributed by atoms with Crippen LogP contribution in [0.2, 0.25) is 0 Å². The molecule has 1 aromatic carbocycles. The van der Waals surface area contributed by atoms with E-state index in [-0.39, 0.29) is 23.7 Å². The van der Waals surface area contributed by atoms with Gasteiger partial charge in [0, 0.05) is 23.4 Å². The number of Topliss-reactive ketones (excluding diaryl/α,β-unsaturated/α-hetero) is 1. The highest BCUT2D eigenvalue weighted by Crippen LogP contribution is 2.40. The van der Waals surface area contributed by atoms with Crippen LogP contribution in [0.25, 0.3) is 0 Å². The minimum atomic E-state index is 0.00398. The van der Waals surface area contributed by atoms with Crippen molar-refractivity contribution in [2.45, 2.75) is 39.0 Å². The number of rotatable bonds is 2. The number of carbonyl (C=O) groups is 2. The summed E-state index contributed by atoms with van der Waals surface area (Å²) in [4.78, 5) is 24.4. The maximum Gasteiger partial charge on any atom is 0.227 e. The number of benzene rings is 1. The summed E-state index contributed by atoms with van der Waals surface area (Å²) >= 11 is 0. The minimum Gasteiger partial charge on any atom is -0.326 e. The van der Waals surface area contributed by atoms with Crippen molar-refractivity contribution in [1.29, 1.82) is 0 Å². The summed E-state index contributed by atoms with van der Waals surface area (Å²) in [7, 11) is 0. The van der Waals surface area contributed by atoms with Crippen LogP contribution < -0.4 is 5.32 Å². The fraction of sp³-hybridized carbons (Fsp3) is 0.529. The van der Waals surface area contributed by atoms with E-state index in [1.54, 1.807) is 0 Å². The highest BCUT2D eigenvalue weighted by molar-refractivity contribution is 5.95. The molecule has 1 aromatic rings. The third-order valence-corrected chi connectivity index (χ3v) is 4.74. The van der Waals surface area contributed by atoms with E-state index in [0.717, 1.165) is 37.8 Å². The average Bonchev–Trinajstić information content (AvgIpc) is 2.41. The Bertz CT molecular complexity index is 504. The summed E-state index contributed by atoms with van der Waals surface area (Å²) in [5, 5.41) is 2.99. The number of hydrogen-bond acceptors (Lipinski definition) is 2. The maximum atomic E-state index is 12.4. The molecule has 0 spiro atoms. The summed E-state index contributed by atoms with van der Waals surface area (Å²) < 4.78 is 0. The van der Waals surface area contributed by atoms with Crippen LogP contribution in [0, 0.1) is 24.7 Å². The van der Waals surface area contributed by atoms with E-state index in [1.165, 1.54) is 5.56 Å². The summed E-state index contributed by atoms with van der Waals surface area (Å²) in [5.74, 6) is 0.769. The predicted octanol–water partition coefficient (Wildman–Crippen LogP) is 3.33. The molecule has 2 aliphatic carbocycles. The zero-order valence-corrected chi connectivity index (χ0v) is 11.9. The third-order valence-electron chi connectivity index (χ3n) is 4.74. The number of anilines is 1. The Morgan fingerprint density at radius 1 is 1.10 bits per heavy atom. The lowest BCUT2D eigenvalue weighted by molar-refractivity contribution is -0.136. The summed E-state index contributed by atoms with van der Waals surface area (Å²) in [5.41, 5.74) is 2.03. The number of ketones is 1. The van der Waals surface area contributed by atoms with Gasteiger partial charge in [-0.3, -0.25) is 9.59 Å². The molecule has 0 saturated heterocycles. The van der Waals surface area contributed by atoms with Gasteiger partial charge in [0.1, 0.15) is 5.78 Å². The molecule has 1 amide bonds. The molecule has 2 bridgehead atoms. The van der Waals surface area contributed by atoms with Crippen LogP contribution in [0.3, 0.4) is 0 Å². The van der Waals surface area contributed by atoms with E-state index in [4.69, 9.17) is 0 Å². The molecule has 3 heteroatoms. The summed E-state index contributed by atoms with van der Waals surface area (Å²) in [6, 6.07) is 7.85. The van der Waals surface area contributed by atoms with E-state index in [2.05, 4.69) is 5.32 Å². The van der Waals surface area contributed by atoms with Crippen molar-refractivity contribution in [1.82, 2.24) is 0 Å². The molecule has 2 aliphatic rings.